The lowest BCUT2D eigenvalue weighted by Gasteiger charge is -2.07. The summed E-state index contributed by atoms with van der Waals surface area (Å²) in [5.41, 5.74) is 2.85. The first kappa shape index (κ1) is 13.5. The van der Waals surface area contributed by atoms with Crippen molar-refractivity contribution in [3.63, 3.8) is 0 Å². The second-order valence-corrected chi connectivity index (χ2v) is 5.59. The van der Waals surface area contributed by atoms with Crippen molar-refractivity contribution in [1.29, 1.82) is 0 Å². The van der Waals surface area contributed by atoms with Crippen LogP contribution in [-0.2, 0) is 12.4 Å². The zero-order chi connectivity index (χ0) is 14.3. The Balaban J connectivity index is 2.20. The van der Waals surface area contributed by atoms with Crippen LogP contribution in [0.1, 0.15) is 17.0 Å². The number of aromatic nitrogens is 2. The summed E-state index contributed by atoms with van der Waals surface area (Å²) in [6.07, 6.45) is 0. The highest BCUT2D eigenvalue weighted by Gasteiger charge is 2.16. The van der Waals surface area contributed by atoms with E-state index in [1.54, 1.807) is 15.9 Å². The third-order valence-electron chi connectivity index (χ3n) is 3.26. The summed E-state index contributed by atoms with van der Waals surface area (Å²) in [7, 11) is 0. The number of fused-ring (bicyclic) bond motifs is 1. The lowest BCUT2D eigenvalue weighted by atomic mass is 10.2. The second kappa shape index (κ2) is 5.14. The molecule has 6 heteroatoms. The van der Waals surface area contributed by atoms with Crippen LogP contribution in [0.15, 0.2) is 22.9 Å². The Kier molecular flexibility index (Phi) is 3.48. The highest BCUT2D eigenvalue weighted by Crippen LogP contribution is 2.24. The monoisotopic (exact) mass is 312 g/mol. The predicted molar refractivity (Wildman–Crippen MR) is 77.4 cm³/mol. The van der Waals surface area contributed by atoms with Crippen LogP contribution < -0.4 is 0 Å². The van der Waals surface area contributed by atoms with Gasteiger partial charge in [-0.1, -0.05) is 0 Å². The number of imidazole rings is 1. The molecule has 0 spiro atoms. The zero-order valence-corrected chi connectivity index (χ0v) is 12.2. The van der Waals surface area contributed by atoms with E-state index in [-0.39, 0.29) is 11.4 Å². The van der Waals surface area contributed by atoms with Crippen LogP contribution in [-0.4, -0.2) is 9.55 Å². The molecule has 0 saturated carbocycles. The van der Waals surface area contributed by atoms with Gasteiger partial charge in [-0.2, -0.15) is 11.3 Å². The van der Waals surface area contributed by atoms with Gasteiger partial charge in [0.1, 0.15) is 17.2 Å². The highest BCUT2D eigenvalue weighted by molar-refractivity contribution is 7.08. The van der Waals surface area contributed by atoms with Crippen LogP contribution in [0.4, 0.5) is 8.78 Å². The second-order valence-electron chi connectivity index (χ2n) is 4.58. The molecule has 2 nitrogen and oxygen atoms in total. The zero-order valence-electron chi connectivity index (χ0n) is 10.7. The fraction of sp³-hybridized carbons (Fsp3) is 0.214. The molecule has 0 atom stereocenters. The molecule has 0 amide bonds. The molecule has 0 aliphatic carbocycles. The van der Waals surface area contributed by atoms with E-state index >= 15 is 0 Å². The third-order valence-corrected chi connectivity index (χ3v) is 4.41. The summed E-state index contributed by atoms with van der Waals surface area (Å²) in [5, 5.41) is 4.06. The molecule has 3 aromatic rings. The van der Waals surface area contributed by atoms with Gasteiger partial charge in [-0.05, 0) is 34.9 Å². The highest BCUT2D eigenvalue weighted by atomic mass is 35.5. The topological polar surface area (TPSA) is 17.8 Å². The van der Waals surface area contributed by atoms with E-state index in [9.17, 15) is 8.78 Å². The van der Waals surface area contributed by atoms with E-state index in [1.165, 1.54) is 6.07 Å². The number of hydrogen-bond donors (Lipinski definition) is 0. The molecule has 0 saturated heterocycles. The normalized spacial score (nSPS) is 11.4. The number of aryl methyl sites for hydroxylation is 1. The number of benzene rings is 1. The number of nitrogens with zero attached hydrogens (tertiary/aromatic N) is 2. The smallest absolute Gasteiger partial charge is 0.153 e. The standard InChI is InChI=1S/C14H11ClF2N2S/c1-8-6-20-7-9(8)5-19-12-3-10(16)2-11(17)14(12)18-13(19)4-15/h2-3,6-7H,4-5H2,1H3. The molecule has 0 fully saturated rings. The van der Waals surface area contributed by atoms with Gasteiger partial charge in [0.25, 0.3) is 0 Å². The van der Waals surface area contributed by atoms with Crippen molar-refractivity contribution in [3.05, 3.63) is 51.5 Å². The van der Waals surface area contributed by atoms with Crippen LogP contribution in [0.25, 0.3) is 11.0 Å². The van der Waals surface area contributed by atoms with Crippen molar-refractivity contribution in [3.8, 4) is 0 Å². The quantitative estimate of drug-likeness (QED) is 0.652. The van der Waals surface area contributed by atoms with Crippen molar-refractivity contribution in [2.24, 2.45) is 0 Å². The Morgan fingerprint density at radius 3 is 2.75 bits per heavy atom. The van der Waals surface area contributed by atoms with Crippen molar-refractivity contribution < 1.29 is 8.78 Å². The summed E-state index contributed by atoms with van der Waals surface area (Å²) >= 11 is 7.48. The average Bonchev–Trinajstić information content (AvgIpc) is 2.95. The molecule has 1 aromatic carbocycles. The fourth-order valence-electron chi connectivity index (χ4n) is 2.19. The Morgan fingerprint density at radius 1 is 1.30 bits per heavy atom. The summed E-state index contributed by atoms with van der Waals surface area (Å²) in [6.45, 7) is 2.52. The number of rotatable bonds is 3. The Hall–Kier alpha value is -1.46. The molecule has 0 aliphatic rings. The maximum absolute atomic E-state index is 13.8. The lowest BCUT2D eigenvalue weighted by Crippen LogP contribution is -2.04. The number of thiophene rings is 1. The molecule has 0 radical (unpaired) electrons. The number of hydrogen-bond acceptors (Lipinski definition) is 2. The minimum absolute atomic E-state index is 0.152. The third kappa shape index (κ3) is 2.21. The molecule has 0 N–H and O–H groups in total. The van der Waals surface area contributed by atoms with Gasteiger partial charge < -0.3 is 4.57 Å². The van der Waals surface area contributed by atoms with E-state index in [0.29, 0.717) is 17.9 Å². The van der Waals surface area contributed by atoms with Gasteiger partial charge in [0.05, 0.1) is 17.9 Å². The molecule has 20 heavy (non-hydrogen) atoms. The molecule has 2 heterocycles. The van der Waals surface area contributed by atoms with Crippen LogP contribution >= 0.6 is 22.9 Å². The molecule has 3 rings (SSSR count). The van der Waals surface area contributed by atoms with Gasteiger partial charge in [-0.25, -0.2) is 13.8 Å². The van der Waals surface area contributed by atoms with Crippen molar-refractivity contribution in [1.82, 2.24) is 9.55 Å². The number of halogens is 3. The molecular weight excluding hydrogens is 302 g/mol. The van der Waals surface area contributed by atoms with E-state index in [2.05, 4.69) is 4.98 Å². The molecule has 0 unspecified atom stereocenters. The maximum Gasteiger partial charge on any atom is 0.153 e. The maximum atomic E-state index is 13.8. The van der Waals surface area contributed by atoms with Crippen LogP contribution in [0.3, 0.4) is 0 Å². The lowest BCUT2D eigenvalue weighted by molar-refractivity contribution is 0.590. The van der Waals surface area contributed by atoms with Crippen LogP contribution in [0, 0.1) is 18.6 Å². The van der Waals surface area contributed by atoms with Gasteiger partial charge in [0, 0.05) is 6.07 Å². The summed E-state index contributed by atoms with van der Waals surface area (Å²) in [6, 6.07) is 2.14. The van der Waals surface area contributed by atoms with Gasteiger partial charge in [0.2, 0.25) is 0 Å². The Bertz CT molecular complexity index is 779. The fourth-order valence-corrected chi connectivity index (χ4v) is 3.25. The predicted octanol–water partition coefficient (Wildman–Crippen LogP) is 4.47. The van der Waals surface area contributed by atoms with E-state index in [4.69, 9.17) is 11.6 Å². The van der Waals surface area contributed by atoms with Crippen molar-refractivity contribution >= 4 is 34.0 Å². The van der Waals surface area contributed by atoms with E-state index in [0.717, 1.165) is 17.2 Å². The van der Waals surface area contributed by atoms with Crippen molar-refractivity contribution in [2.45, 2.75) is 19.3 Å². The first-order valence-corrected chi connectivity index (χ1v) is 7.49. The molecule has 0 bridgehead atoms. The molecule has 0 aliphatic heterocycles. The summed E-state index contributed by atoms with van der Waals surface area (Å²) < 4.78 is 29.0. The minimum Gasteiger partial charge on any atom is -0.322 e. The van der Waals surface area contributed by atoms with Gasteiger partial charge in [0.15, 0.2) is 5.82 Å². The minimum atomic E-state index is -0.660. The SMILES string of the molecule is Cc1cscc1Cn1c(CCl)nc2c(F)cc(F)cc21. The molecule has 104 valence electrons. The van der Waals surface area contributed by atoms with Gasteiger partial charge in [-0.15, -0.1) is 11.6 Å². The number of alkyl halides is 1. The summed E-state index contributed by atoms with van der Waals surface area (Å²) in [4.78, 5) is 4.17. The first-order chi connectivity index (χ1) is 9.60. The average molecular weight is 313 g/mol. The molecular formula is C14H11ClF2N2S. The van der Waals surface area contributed by atoms with Crippen LogP contribution in [0.5, 0.6) is 0 Å². The first-order valence-electron chi connectivity index (χ1n) is 6.02. The Labute approximate surface area is 123 Å². The van der Waals surface area contributed by atoms with Crippen LogP contribution in [0.2, 0.25) is 0 Å². The van der Waals surface area contributed by atoms with Gasteiger partial charge >= 0.3 is 0 Å². The van der Waals surface area contributed by atoms with E-state index < -0.39 is 11.6 Å². The van der Waals surface area contributed by atoms with Gasteiger partial charge in [-0.3, -0.25) is 0 Å². The largest absolute Gasteiger partial charge is 0.322 e. The van der Waals surface area contributed by atoms with Crippen molar-refractivity contribution in [2.75, 3.05) is 0 Å². The summed E-state index contributed by atoms with van der Waals surface area (Å²) in [5.74, 6) is -0.581. The Morgan fingerprint density at radius 2 is 2.10 bits per heavy atom. The molecule has 2 aromatic heterocycles. The van der Waals surface area contributed by atoms with E-state index in [1.807, 2.05) is 17.7 Å².